The molecule has 1 nitrogen and oxygen atoms in total. The second-order valence-corrected chi connectivity index (χ2v) is 4.94. The maximum atomic E-state index is 6.26. The molecular weight excluding hydrogens is 238 g/mol. The smallest absolute Gasteiger partial charge is 0.0381 e. The number of hydrogen-bond acceptors (Lipinski definition) is 1. The lowest BCUT2D eigenvalue weighted by molar-refractivity contribution is 0.433. The molecule has 0 aromatic heterocycles. The molecule has 1 rings (SSSR count). The first-order valence-corrected chi connectivity index (χ1v) is 5.90. The van der Waals surface area contributed by atoms with Crippen LogP contribution in [0.1, 0.15) is 38.7 Å². The first kappa shape index (κ1) is 11.7. The molecule has 1 unspecified atom stereocenters. The Morgan fingerprint density at radius 1 is 1.29 bits per heavy atom. The van der Waals surface area contributed by atoms with Gasteiger partial charge in [-0.2, -0.15) is 0 Å². The molecule has 0 heterocycles. The minimum Gasteiger partial charge on any atom is -0.322 e. The molecule has 2 N–H and O–H groups in total. The normalized spacial score (nSPS) is 15.1. The highest BCUT2D eigenvalue weighted by atomic mass is 79.9. The van der Waals surface area contributed by atoms with Gasteiger partial charge in [-0.15, -0.1) is 0 Å². The van der Waals surface area contributed by atoms with Crippen LogP contribution in [0.2, 0.25) is 0 Å². The summed E-state index contributed by atoms with van der Waals surface area (Å²) in [6.45, 7) is 4.30. The fraction of sp³-hybridized carbons (Fsp3) is 0.500. The summed E-state index contributed by atoms with van der Waals surface area (Å²) < 4.78 is 1.10. The van der Waals surface area contributed by atoms with E-state index in [-0.39, 0.29) is 5.54 Å². The van der Waals surface area contributed by atoms with E-state index in [0.717, 1.165) is 10.9 Å². The molecule has 0 spiro atoms. The Hall–Kier alpha value is -0.340. The summed E-state index contributed by atoms with van der Waals surface area (Å²) in [4.78, 5) is 0. The SMILES string of the molecule is CCCCC(C)(N)c1ccc(Br)cc1. The monoisotopic (exact) mass is 255 g/mol. The summed E-state index contributed by atoms with van der Waals surface area (Å²) in [6, 6.07) is 8.29. The summed E-state index contributed by atoms with van der Waals surface area (Å²) in [7, 11) is 0. The Balaban J connectivity index is 2.75. The number of unbranched alkanes of at least 4 members (excludes halogenated alkanes) is 1. The van der Waals surface area contributed by atoms with Gasteiger partial charge in [-0.1, -0.05) is 47.8 Å². The largest absolute Gasteiger partial charge is 0.322 e. The van der Waals surface area contributed by atoms with Crippen LogP contribution in [0.15, 0.2) is 28.7 Å². The molecule has 0 aliphatic heterocycles. The second-order valence-electron chi connectivity index (χ2n) is 4.03. The van der Waals surface area contributed by atoms with Crippen LogP contribution in [0.5, 0.6) is 0 Å². The highest BCUT2D eigenvalue weighted by Crippen LogP contribution is 2.25. The van der Waals surface area contributed by atoms with E-state index in [1.54, 1.807) is 0 Å². The fourth-order valence-corrected chi connectivity index (χ4v) is 1.78. The molecule has 0 radical (unpaired) electrons. The summed E-state index contributed by atoms with van der Waals surface area (Å²) in [5.74, 6) is 0. The molecule has 1 aromatic carbocycles. The molecule has 1 aromatic rings. The Morgan fingerprint density at radius 2 is 1.86 bits per heavy atom. The maximum absolute atomic E-state index is 6.26. The molecule has 2 heteroatoms. The number of halogens is 1. The van der Waals surface area contributed by atoms with Gasteiger partial charge in [0.2, 0.25) is 0 Å². The van der Waals surface area contributed by atoms with Gasteiger partial charge in [0.15, 0.2) is 0 Å². The molecule has 0 fully saturated rings. The molecule has 0 bridgehead atoms. The number of rotatable bonds is 4. The van der Waals surface area contributed by atoms with Gasteiger partial charge in [0.25, 0.3) is 0 Å². The molecule has 1 atom stereocenters. The third kappa shape index (κ3) is 3.10. The molecule has 78 valence electrons. The molecule has 0 saturated heterocycles. The topological polar surface area (TPSA) is 26.0 Å². The first-order valence-electron chi connectivity index (χ1n) is 5.11. The molecule has 0 aliphatic carbocycles. The van der Waals surface area contributed by atoms with Crippen LogP contribution in [-0.4, -0.2) is 0 Å². The molecular formula is C12H18BrN. The summed E-state index contributed by atoms with van der Waals surface area (Å²) >= 11 is 3.42. The van der Waals surface area contributed by atoms with Crippen LogP contribution in [0.25, 0.3) is 0 Å². The van der Waals surface area contributed by atoms with E-state index in [1.807, 2.05) is 12.1 Å². The third-order valence-electron chi connectivity index (χ3n) is 2.55. The van der Waals surface area contributed by atoms with Crippen LogP contribution < -0.4 is 5.73 Å². The fourth-order valence-electron chi connectivity index (χ4n) is 1.52. The Bertz CT molecular complexity index is 277. The van der Waals surface area contributed by atoms with Crippen LogP contribution in [0.3, 0.4) is 0 Å². The van der Waals surface area contributed by atoms with Crippen molar-refractivity contribution in [2.75, 3.05) is 0 Å². The summed E-state index contributed by atoms with van der Waals surface area (Å²) in [5.41, 5.74) is 7.29. The average Bonchev–Trinajstić information content (AvgIpc) is 2.16. The molecule has 0 amide bonds. The third-order valence-corrected chi connectivity index (χ3v) is 3.08. The van der Waals surface area contributed by atoms with Gasteiger partial charge in [-0.3, -0.25) is 0 Å². The molecule has 0 saturated carbocycles. The van der Waals surface area contributed by atoms with Crippen molar-refractivity contribution in [3.8, 4) is 0 Å². The van der Waals surface area contributed by atoms with Crippen molar-refractivity contribution in [2.24, 2.45) is 5.73 Å². The number of benzene rings is 1. The zero-order valence-corrected chi connectivity index (χ0v) is 10.5. The highest BCUT2D eigenvalue weighted by molar-refractivity contribution is 9.10. The molecule has 14 heavy (non-hydrogen) atoms. The minimum absolute atomic E-state index is 0.184. The standard InChI is InChI=1S/C12H18BrN/c1-3-4-9-12(2,14)10-5-7-11(13)8-6-10/h5-8H,3-4,9,14H2,1-2H3. The molecule has 0 aliphatic rings. The van der Waals surface area contributed by atoms with E-state index in [9.17, 15) is 0 Å². The van der Waals surface area contributed by atoms with E-state index in [1.165, 1.54) is 18.4 Å². The highest BCUT2D eigenvalue weighted by Gasteiger charge is 2.19. The van der Waals surface area contributed by atoms with Crippen molar-refractivity contribution in [1.29, 1.82) is 0 Å². The lowest BCUT2D eigenvalue weighted by Gasteiger charge is -2.25. The number of nitrogens with two attached hydrogens (primary N) is 1. The van der Waals surface area contributed by atoms with Gasteiger partial charge >= 0.3 is 0 Å². The Morgan fingerprint density at radius 3 is 2.36 bits per heavy atom. The quantitative estimate of drug-likeness (QED) is 0.870. The van der Waals surface area contributed by atoms with Crippen molar-refractivity contribution in [1.82, 2.24) is 0 Å². The van der Waals surface area contributed by atoms with E-state index in [0.29, 0.717) is 0 Å². The van der Waals surface area contributed by atoms with Gasteiger partial charge in [0.05, 0.1) is 0 Å². The van der Waals surface area contributed by atoms with Crippen molar-refractivity contribution in [2.45, 2.75) is 38.6 Å². The van der Waals surface area contributed by atoms with Gasteiger partial charge in [0, 0.05) is 10.0 Å². The average molecular weight is 256 g/mol. The van der Waals surface area contributed by atoms with E-state index >= 15 is 0 Å². The van der Waals surface area contributed by atoms with E-state index in [2.05, 4.69) is 41.9 Å². The van der Waals surface area contributed by atoms with E-state index < -0.39 is 0 Å². The van der Waals surface area contributed by atoms with Crippen LogP contribution in [0.4, 0.5) is 0 Å². The minimum atomic E-state index is -0.184. The van der Waals surface area contributed by atoms with Crippen LogP contribution >= 0.6 is 15.9 Å². The predicted molar refractivity (Wildman–Crippen MR) is 65.2 cm³/mol. The van der Waals surface area contributed by atoms with Crippen molar-refractivity contribution in [3.63, 3.8) is 0 Å². The van der Waals surface area contributed by atoms with Gasteiger partial charge in [-0.05, 0) is 31.0 Å². The van der Waals surface area contributed by atoms with Crippen molar-refractivity contribution < 1.29 is 0 Å². The van der Waals surface area contributed by atoms with Crippen molar-refractivity contribution in [3.05, 3.63) is 34.3 Å². The zero-order chi connectivity index (χ0) is 10.6. The maximum Gasteiger partial charge on any atom is 0.0381 e. The first-order chi connectivity index (χ1) is 6.56. The zero-order valence-electron chi connectivity index (χ0n) is 8.89. The summed E-state index contributed by atoms with van der Waals surface area (Å²) in [5, 5.41) is 0. The van der Waals surface area contributed by atoms with Crippen molar-refractivity contribution >= 4 is 15.9 Å². The summed E-state index contributed by atoms with van der Waals surface area (Å²) in [6.07, 6.45) is 3.43. The van der Waals surface area contributed by atoms with Gasteiger partial charge < -0.3 is 5.73 Å². The van der Waals surface area contributed by atoms with E-state index in [4.69, 9.17) is 5.73 Å². The lowest BCUT2D eigenvalue weighted by Crippen LogP contribution is -2.32. The van der Waals surface area contributed by atoms with Gasteiger partial charge in [-0.25, -0.2) is 0 Å². The van der Waals surface area contributed by atoms with Crippen LogP contribution in [0, 0.1) is 0 Å². The van der Waals surface area contributed by atoms with Crippen LogP contribution in [-0.2, 0) is 5.54 Å². The Kier molecular flexibility index (Phi) is 4.14. The van der Waals surface area contributed by atoms with Gasteiger partial charge in [0.1, 0.15) is 0 Å². The lowest BCUT2D eigenvalue weighted by atomic mass is 9.88. The predicted octanol–water partition coefficient (Wildman–Crippen LogP) is 3.81. The second kappa shape index (κ2) is 4.94. The Labute approximate surface area is 94.8 Å². The number of hydrogen-bond donors (Lipinski definition) is 1.